The molecule has 1 aromatic carbocycles. The van der Waals surface area contributed by atoms with Gasteiger partial charge in [0, 0.05) is 10.5 Å². The number of nitrogens with one attached hydrogen (secondary N) is 1. The van der Waals surface area contributed by atoms with Gasteiger partial charge in [-0.05, 0) is 49.3 Å². The fraction of sp³-hybridized carbons (Fsp3) is 0.533. The van der Waals surface area contributed by atoms with Crippen LogP contribution in [0.3, 0.4) is 0 Å². The molecule has 0 heterocycles. The van der Waals surface area contributed by atoms with Gasteiger partial charge in [-0.3, -0.25) is 4.79 Å². The van der Waals surface area contributed by atoms with Crippen LogP contribution in [-0.2, 0) is 10.2 Å². The van der Waals surface area contributed by atoms with Gasteiger partial charge in [0.1, 0.15) is 0 Å². The van der Waals surface area contributed by atoms with Crippen LogP contribution in [0, 0.1) is 5.92 Å². The minimum Gasteiger partial charge on any atom is -0.353 e. The lowest BCUT2D eigenvalue weighted by Crippen LogP contribution is -2.53. The number of hydrogen-bond donors (Lipinski definition) is 1. The molecule has 3 rings (SSSR count). The summed E-state index contributed by atoms with van der Waals surface area (Å²) in [7, 11) is 0. The molecule has 1 amide bonds. The Kier molecular flexibility index (Phi) is 2.97. The first-order chi connectivity index (χ1) is 8.60. The molecule has 3 heteroatoms. The van der Waals surface area contributed by atoms with E-state index in [0.717, 1.165) is 35.7 Å². The minimum absolute atomic E-state index is 0.237. The molecule has 0 aliphatic heterocycles. The Bertz CT molecular complexity index is 475. The van der Waals surface area contributed by atoms with Crippen LogP contribution in [0.5, 0.6) is 0 Å². The molecule has 0 radical (unpaired) electrons. The van der Waals surface area contributed by atoms with E-state index in [2.05, 4.69) is 40.3 Å². The Morgan fingerprint density at radius 3 is 2.67 bits per heavy atom. The van der Waals surface area contributed by atoms with Gasteiger partial charge in [-0.2, -0.15) is 0 Å². The first-order valence-corrected chi connectivity index (χ1v) is 7.46. The normalized spacial score (nSPS) is 30.7. The predicted octanol–water partition coefficient (Wildman–Crippen LogP) is 3.40. The summed E-state index contributed by atoms with van der Waals surface area (Å²) in [4.78, 5) is 12.5. The summed E-state index contributed by atoms with van der Waals surface area (Å²) in [6, 6.07) is 8.66. The van der Waals surface area contributed by atoms with E-state index in [-0.39, 0.29) is 11.3 Å². The number of rotatable bonds is 3. The highest BCUT2D eigenvalue weighted by atomic mass is 79.9. The van der Waals surface area contributed by atoms with E-state index in [4.69, 9.17) is 0 Å². The summed E-state index contributed by atoms with van der Waals surface area (Å²) in [6.45, 7) is 2.22. The second kappa shape index (κ2) is 4.37. The lowest BCUT2D eigenvalue weighted by atomic mass is 9.58. The van der Waals surface area contributed by atoms with Crippen LogP contribution in [-0.4, -0.2) is 11.9 Å². The van der Waals surface area contributed by atoms with Crippen molar-refractivity contribution in [2.45, 2.75) is 44.1 Å². The summed E-state index contributed by atoms with van der Waals surface area (Å²) >= 11 is 3.50. The van der Waals surface area contributed by atoms with Crippen LogP contribution in [0.4, 0.5) is 0 Å². The van der Waals surface area contributed by atoms with Gasteiger partial charge in [0.05, 0.1) is 5.41 Å². The third-order valence-electron chi connectivity index (χ3n) is 4.12. The van der Waals surface area contributed by atoms with E-state index in [1.807, 2.05) is 12.1 Å². The molecule has 0 unspecified atom stereocenters. The van der Waals surface area contributed by atoms with Crippen molar-refractivity contribution in [1.29, 1.82) is 0 Å². The van der Waals surface area contributed by atoms with Crippen molar-refractivity contribution in [2.75, 3.05) is 0 Å². The average molecular weight is 308 g/mol. The van der Waals surface area contributed by atoms with E-state index in [9.17, 15) is 4.79 Å². The Morgan fingerprint density at radius 1 is 1.39 bits per heavy atom. The molecule has 0 spiro atoms. The van der Waals surface area contributed by atoms with E-state index in [1.54, 1.807) is 0 Å². The Balaban J connectivity index is 1.88. The van der Waals surface area contributed by atoms with Gasteiger partial charge < -0.3 is 5.32 Å². The minimum atomic E-state index is -0.272. The van der Waals surface area contributed by atoms with Crippen LogP contribution >= 0.6 is 15.9 Å². The zero-order valence-electron chi connectivity index (χ0n) is 10.6. The number of carbonyl (C=O) groups excluding carboxylic acids is 1. The van der Waals surface area contributed by atoms with Gasteiger partial charge in [0.15, 0.2) is 0 Å². The Labute approximate surface area is 116 Å². The fourth-order valence-electron chi connectivity index (χ4n) is 3.02. The highest BCUT2D eigenvalue weighted by molar-refractivity contribution is 9.10. The third-order valence-corrected chi connectivity index (χ3v) is 4.61. The number of halogens is 1. The van der Waals surface area contributed by atoms with E-state index in [0.29, 0.717) is 12.0 Å². The van der Waals surface area contributed by atoms with Gasteiger partial charge in [-0.25, -0.2) is 0 Å². The average Bonchev–Trinajstić information content (AvgIpc) is 3.08. The van der Waals surface area contributed by atoms with Crippen molar-refractivity contribution in [3.05, 3.63) is 34.3 Å². The van der Waals surface area contributed by atoms with Crippen molar-refractivity contribution in [2.24, 2.45) is 5.92 Å². The maximum atomic E-state index is 12.5. The summed E-state index contributed by atoms with van der Waals surface area (Å²) in [5.41, 5.74) is 0.888. The van der Waals surface area contributed by atoms with Gasteiger partial charge in [0.2, 0.25) is 5.91 Å². The van der Waals surface area contributed by atoms with Crippen molar-refractivity contribution in [3.8, 4) is 0 Å². The highest BCUT2D eigenvalue weighted by Crippen LogP contribution is 2.48. The molecule has 0 bridgehead atoms. The third kappa shape index (κ3) is 2.09. The Hall–Kier alpha value is -0.830. The molecule has 1 aromatic rings. The predicted molar refractivity (Wildman–Crippen MR) is 75.4 cm³/mol. The van der Waals surface area contributed by atoms with Crippen LogP contribution in [0.25, 0.3) is 0 Å². The SMILES string of the molecule is CC1CC(C(=O)NC2CC2)(c2cccc(Br)c2)C1. The number of benzene rings is 1. The van der Waals surface area contributed by atoms with Gasteiger partial charge in [-0.15, -0.1) is 0 Å². The molecular weight excluding hydrogens is 290 g/mol. The van der Waals surface area contributed by atoms with Crippen LogP contribution < -0.4 is 5.32 Å². The molecule has 0 atom stereocenters. The lowest BCUT2D eigenvalue weighted by Gasteiger charge is -2.45. The standard InChI is InChI=1S/C15H18BrNO/c1-10-8-15(9-10,14(18)17-13-5-6-13)11-3-2-4-12(16)7-11/h2-4,7,10,13H,5-6,8-9H2,1H3,(H,17,18). The maximum absolute atomic E-state index is 12.5. The quantitative estimate of drug-likeness (QED) is 0.911. The van der Waals surface area contributed by atoms with E-state index >= 15 is 0 Å². The molecule has 2 fully saturated rings. The molecule has 1 N–H and O–H groups in total. The van der Waals surface area contributed by atoms with Crippen molar-refractivity contribution in [1.82, 2.24) is 5.32 Å². The van der Waals surface area contributed by atoms with Gasteiger partial charge in [-0.1, -0.05) is 35.0 Å². The smallest absolute Gasteiger partial charge is 0.230 e. The van der Waals surface area contributed by atoms with Gasteiger partial charge in [0.25, 0.3) is 0 Å². The summed E-state index contributed by atoms with van der Waals surface area (Å²) in [5.74, 6) is 0.884. The highest BCUT2D eigenvalue weighted by Gasteiger charge is 2.50. The van der Waals surface area contributed by atoms with Gasteiger partial charge >= 0.3 is 0 Å². The van der Waals surface area contributed by atoms with E-state index < -0.39 is 0 Å². The summed E-state index contributed by atoms with van der Waals surface area (Å²) in [6.07, 6.45) is 4.25. The Morgan fingerprint density at radius 2 is 2.11 bits per heavy atom. The first kappa shape index (κ1) is 12.2. The number of carbonyl (C=O) groups is 1. The second-order valence-corrected chi connectivity index (χ2v) is 6.77. The second-order valence-electron chi connectivity index (χ2n) is 5.85. The molecule has 2 nitrogen and oxygen atoms in total. The van der Waals surface area contributed by atoms with Crippen LogP contribution in [0.2, 0.25) is 0 Å². The monoisotopic (exact) mass is 307 g/mol. The molecule has 96 valence electrons. The molecule has 2 saturated carbocycles. The van der Waals surface area contributed by atoms with Crippen LogP contribution in [0.1, 0.15) is 38.2 Å². The molecule has 0 aromatic heterocycles. The molecule has 2 aliphatic rings. The largest absolute Gasteiger partial charge is 0.353 e. The summed E-state index contributed by atoms with van der Waals surface area (Å²) in [5, 5.41) is 3.18. The topological polar surface area (TPSA) is 29.1 Å². The molecular formula is C15H18BrNO. The van der Waals surface area contributed by atoms with Crippen molar-refractivity contribution >= 4 is 21.8 Å². The molecule has 2 aliphatic carbocycles. The first-order valence-electron chi connectivity index (χ1n) is 6.67. The zero-order valence-corrected chi connectivity index (χ0v) is 12.2. The zero-order chi connectivity index (χ0) is 12.8. The number of hydrogen-bond acceptors (Lipinski definition) is 1. The summed E-state index contributed by atoms with van der Waals surface area (Å²) < 4.78 is 1.05. The van der Waals surface area contributed by atoms with Crippen molar-refractivity contribution in [3.63, 3.8) is 0 Å². The van der Waals surface area contributed by atoms with E-state index in [1.165, 1.54) is 0 Å². The number of amides is 1. The molecule has 0 saturated heterocycles. The maximum Gasteiger partial charge on any atom is 0.230 e. The molecule has 18 heavy (non-hydrogen) atoms. The lowest BCUT2D eigenvalue weighted by molar-refractivity contribution is -0.131. The fourth-order valence-corrected chi connectivity index (χ4v) is 3.42. The van der Waals surface area contributed by atoms with Crippen molar-refractivity contribution < 1.29 is 4.79 Å². The van der Waals surface area contributed by atoms with Crippen LogP contribution in [0.15, 0.2) is 28.7 Å².